The van der Waals surface area contributed by atoms with Crippen molar-refractivity contribution < 1.29 is 31.1 Å². The molecule has 0 heterocycles. The fourth-order valence-corrected chi connectivity index (χ4v) is 2.39. The summed E-state index contributed by atoms with van der Waals surface area (Å²) in [6.07, 6.45) is -8.94. The highest BCUT2D eigenvalue weighted by molar-refractivity contribution is 6.33. The zero-order valence-electron chi connectivity index (χ0n) is 15.0. The zero-order valence-corrected chi connectivity index (χ0v) is 15.7. The highest BCUT2D eigenvalue weighted by atomic mass is 35.5. The van der Waals surface area contributed by atoms with Gasteiger partial charge in [0.25, 0.3) is 5.91 Å². The molecule has 0 atom stereocenters. The molecule has 160 valence electrons. The number of allylic oxidation sites excluding steroid dienone is 1. The molecule has 0 fully saturated rings. The molecule has 0 aliphatic rings. The Morgan fingerprint density at radius 3 is 2.07 bits per heavy atom. The molecule has 0 saturated carbocycles. The lowest BCUT2D eigenvalue weighted by Crippen LogP contribution is -2.33. The monoisotopic (exact) mass is 449 g/mol. The Kier molecular flexibility index (Phi) is 7.14. The summed E-state index contributed by atoms with van der Waals surface area (Å²) in [6.45, 7) is -1.52. The second-order valence-electron chi connectivity index (χ2n) is 5.95. The Morgan fingerprint density at radius 2 is 1.53 bits per heavy atom. The van der Waals surface area contributed by atoms with Gasteiger partial charge in [-0.3, -0.25) is 10.2 Å². The summed E-state index contributed by atoms with van der Waals surface area (Å²) < 4.78 is 75.1. The molecule has 0 bridgehead atoms. The summed E-state index contributed by atoms with van der Waals surface area (Å²) in [5.41, 5.74) is -1.48. The van der Waals surface area contributed by atoms with E-state index >= 15 is 0 Å². The van der Waals surface area contributed by atoms with Crippen molar-refractivity contribution in [2.24, 2.45) is 0 Å². The van der Waals surface area contributed by atoms with E-state index in [9.17, 15) is 31.1 Å². The quantitative estimate of drug-likeness (QED) is 0.393. The number of nitrogens with one attached hydrogen (secondary N) is 3. The van der Waals surface area contributed by atoms with E-state index in [2.05, 4.69) is 5.32 Å². The van der Waals surface area contributed by atoms with E-state index in [-0.39, 0.29) is 27.5 Å². The van der Waals surface area contributed by atoms with Gasteiger partial charge in [-0.05, 0) is 35.9 Å². The van der Waals surface area contributed by atoms with Gasteiger partial charge >= 0.3 is 12.4 Å². The highest BCUT2D eigenvalue weighted by Crippen LogP contribution is 2.27. The first-order valence-electron chi connectivity index (χ1n) is 8.21. The molecule has 2 aromatic carbocycles. The maximum Gasteiger partial charge on any atom is 0.432 e. The average Bonchev–Trinajstić information content (AvgIpc) is 2.66. The largest absolute Gasteiger partial charge is 0.432 e. The molecule has 0 aliphatic carbocycles. The lowest BCUT2D eigenvalue weighted by atomic mass is 10.1. The first-order valence-corrected chi connectivity index (χ1v) is 8.59. The second-order valence-corrected chi connectivity index (χ2v) is 6.36. The van der Waals surface area contributed by atoms with Crippen LogP contribution in [0.5, 0.6) is 0 Å². The summed E-state index contributed by atoms with van der Waals surface area (Å²) in [4.78, 5) is 11.8. The van der Waals surface area contributed by atoms with E-state index in [1.54, 1.807) is 17.4 Å². The van der Waals surface area contributed by atoms with Crippen molar-refractivity contribution in [3.8, 4) is 0 Å². The first-order chi connectivity index (χ1) is 13.9. The van der Waals surface area contributed by atoms with Gasteiger partial charge in [0, 0.05) is 11.3 Å². The predicted octanol–water partition coefficient (Wildman–Crippen LogP) is 5.67. The molecule has 0 aromatic heterocycles. The number of hydrogen-bond acceptors (Lipinski definition) is 3. The van der Waals surface area contributed by atoms with Crippen LogP contribution >= 0.6 is 11.6 Å². The minimum atomic E-state index is -4.90. The van der Waals surface area contributed by atoms with Crippen LogP contribution in [0.2, 0.25) is 5.02 Å². The number of amides is 1. The maximum absolute atomic E-state index is 12.8. The molecule has 0 aliphatic heterocycles. The van der Waals surface area contributed by atoms with Crippen LogP contribution in [0, 0.1) is 5.41 Å². The van der Waals surface area contributed by atoms with Crippen LogP contribution < -0.4 is 10.6 Å². The Morgan fingerprint density at radius 1 is 0.967 bits per heavy atom. The van der Waals surface area contributed by atoms with Gasteiger partial charge in [0.15, 0.2) is 0 Å². The number of carbonyl (C=O) groups excluding carboxylic acids is 1. The Balaban J connectivity index is 2.32. The topological polar surface area (TPSA) is 65.0 Å². The van der Waals surface area contributed by atoms with Crippen LogP contribution in [0.15, 0.2) is 54.6 Å². The van der Waals surface area contributed by atoms with Gasteiger partial charge in [-0.1, -0.05) is 35.9 Å². The molecule has 30 heavy (non-hydrogen) atoms. The van der Waals surface area contributed by atoms with E-state index in [0.717, 1.165) is 12.1 Å². The molecule has 11 heteroatoms. The maximum atomic E-state index is 12.8. The molecule has 2 rings (SSSR count). The molecule has 4 nitrogen and oxygen atoms in total. The Labute approximate surface area is 172 Å². The summed E-state index contributed by atoms with van der Waals surface area (Å²) in [5.74, 6) is -0.994. The second kappa shape index (κ2) is 9.21. The minimum Gasteiger partial charge on any atom is -0.354 e. The van der Waals surface area contributed by atoms with Crippen LogP contribution in [0.25, 0.3) is 5.70 Å². The molecular weight excluding hydrogens is 436 g/mol. The number of hydrogen-bond donors (Lipinski definition) is 3. The van der Waals surface area contributed by atoms with E-state index in [1.807, 2.05) is 0 Å². The average molecular weight is 450 g/mol. The summed E-state index contributed by atoms with van der Waals surface area (Å²) >= 11 is 6.01. The predicted molar refractivity (Wildman–Crippen MR) is 102 cm³/mol. The van der Waals surface area contributed by atoms with Crippen LogP contribution in [-0.4, -0.2) is 30.5 Å². The van der Waals surface area contributed by atoms with Crippen molar-refractivity contribution >= 4 is 34.6 Å². The molecule has 0 radical (unpaired) electrons. The van der Waals surface area contributed by atoms with Gasteiger partial charge in [0.05, 0.1) is 10.7 Å². The molecule has 3 N–H and O–H groups in total. The number of benzene rings is 2. The van der Waals surface area contributed by atoms with Crippen LogP contribution in [0.1, 0.15) is 15.9 Å². The number of anilines is 1. The zero-order chi connectivity index (χ0) is 22.5. The fraction of sp³-hybridized carbons (Fsp3) is 0.158. The molecule has 2 aromatic rings. The molecule has 0 spiro atoms. The number of halogens is 7. The standard InChI is InChI=1S/C19H14ClF6N3O/c20-13-3-1-2-4-14(13)29-15(9-16(27)19(24,25)26)11-5-7-12(8-6-11)17(30)28-10-18(21,22)23/h1-9,27,29H,10H2,(H,28,30)/b15-9-,27-16?. The normalized spacial score (nSPS) is 12.4. The van der Waals surface area contributed by atoms with Crippen LogP contribution in [0.3, 0.4) is 0 Å². The van der Waals surface area contributed by atoms with Crippen molar-refractivity contribution in [3.63, 3.8) is 0 Å². The molecule has 1 amide bonds. The summed E-state index contributed by atoms with van der Waals surface area (Å²) in [7, 11) is 0. The van der Waals surface area contributed by atoms with E-state index < -0.39 is 30.5 Å². The highest BCUT2D eigenvalue weighted by Gasteiger charge is 2.33. The van der Waals surface area contributed by atoms with E-state index in [1.165, 1.54) is 24.3 Å². The van der Waals surface area contributed by atoms with Crippen molar-refractivity contribution in [1.29, 1.82) is 5.41 Å². The van der Waals surface area contributed by atoms with Crippen molar-refractivity contribution in [2.45, 2.75) is 12.4 Å². The molecular formula is C19H14ClF6N3O. The number of rotatable bonds is 6. The number of alkyl halides is 6. The lowest BCUT2D eigenvalue weighted by Gasteiger charge is -2.15. The van der Waals surface area contributed by atoms with Gasteiger partial charge in [-0.25, -0.2) is 0 Å². The number of para-hydroxylation sites is 1. The third-order valence-corrected chi connectivity index (χ3v) is 3.97. The molecule has 0 unspecified atom stereocenters. The van der Waals surface area contributed by atoms with Gasteiger partial charge in [-0.15, -0.1) is 0 Å². The SMILES string of the molecule is N=C(/C=C(\Nc1ccccc1Cl)c1ccc(C(=O)NCC(F)(F)F)cc1)C(F)(F)F. The Bertz CT molecular complexity index is 952. The summed E-state index contributed by atoms with van der Waals surface area (Å²) in [5, 5.41) is 11.8. The van der Waals surface area contributed by atoms with Gasteiger partial charge in [0.2, 0.25) is 0 Å². The van der Waals surface area contributed by atoms with E-state index in [4.69, 9.17) is 17.0 Å². The van der Waals surface area contributed by atoms with E-state index in [0.29, 0.717) is 6.08 Å². The van der Waals surface area contributed by atoms with Gasteiger partial charge in [-0.2, -0.15) is 26.3 Å². The number of carbonyl (C=O) groups is 1. The molecule has 0 saturated heterocycles. The van der Waals surface area contributed by atoms with Gasteiger partial charge < -0.3 is 10.6 Å². The smallest absolute Gasteiger partial charge is 0.354 e. The third-order valence-electron chi connectivity index (χ3n) is 3.64. The lowest BCUT2D eigenvalue weighted by molar-refractivity contribution is -0.123. The first kappa shape index (κ1) is 23.3. The fourth-order valence-electron chi connectivity index (χ4n) is 2.21. The summed E-state index contributed by atoms with van der Waals surface area (Å²) in [6, 6.07) is 11.0. The van der Waals surface area contributed by atoms with Crippen LogP contribution in [0.4, 0.5) is 32.0 Å². The Hall–Kier alpha value is -3.01. The van der Waals surface area contributed by atoms with Crippen molar-refractivity contribution in [1.82, 2.24) is 5.32 Å². The van der Waals surface area contributed by atoms with Crippen LogP contribution in [-0.2, 0) is 0 Å². The van der Waals surface area contributed by atoms with Crippen molar-refractivity contribution in [2.75, 3.05) is 11.9 Å². The van der Waals surface area contributed by atoms with Crippen molar-refractivity contribution in [3.05, 3.63) is 70.8 Å². The minimum absolute atomic E-state index is 0.119. The van der Waals surface area contributed by atoms with Gasteiger partial charge in [0.1, 0.15) is 12.3 Å². The third kappa shape index (κ3) is 6.80.